The Balaban J connectivity index is 1.81. The van der Waals surface area contributed by atoms with Crippen molar-refractivity contribution in [3.63, 3.8) is 0 Å². The van der Waals surface area contributed by atoms with E-state index in [1.165, 1.54) is 19.5 Å². The average molecular weight is 275 g/mol. The normalized spacial score (nSPS) is 23.6. The van der Waals surface area contributed by atoms with E-state index in [0.717, 1.165) is 24.1 Å². The Bertz CT molecular complexity index is 448. The van der Waals surface area contributed by atoms with Crippen LogP contribution < -0.4 is 4.74 Å². The highest BCUT2D eigenvalue weighted by atomic mass is 16.5. The Morgan fingerprint density at radius 2 is 2.00 bits per heavy atom. The predicted molar refractivity (Wildman–Crippen MR) is 81.3 cm³/mol. The molecule has 1 aliphatic heterocycles. The van der Waals surface area contributed by atoms with E-state index in [1.54, 1.807) is 6.92 Å². The number of ether oxygens (including phenoxy) is 1. The SMILES string of the molecule is CC(=O)c1cccc(OCCN2CC(C)CC(C)C2)c1. The van der Waals surface area contributed by atoms with E-state index in [2.05, 4.69) is 18.7 Å². The monoisotopic (exact) mass is 275 g/mol. The molecular formula is C17H25NO2. The minimum atomic E-state index is 0.0779. The molecule has 0 saturated carbocycles. The second-order valence-electron chi connectivity index (χ2n) is 6.14. The summed E-state index contributed by atoms with van der Waals surface area (Å²) >= 11 is 0. The largest absolute Gasteiger partial charge is 0.492 e. The lowest BCUT2D eigenvalue weighted by Gasteiger charge is -2.34. The first-order valence-corrected chi connectivity index (χ1v) is 7.50. The summed E-state index contributed by atoms with van der Waals surface area (Å²) in [6, 6.07) is 7.43. The van der Waals surface area contributed by atoms with Crippen molar-refractivity contribution in [2.24, 2.45) is 11.8 Å². The van der Waals surface area contributed by atoms with Crippen molar-refractivity contribution in [3.05, 3.63) is 29.8 Å². The van der Waals surface area contributed by atoms with E-state index in [0.29, 0.717) is 12.2 Å². The topological polar surface area (TPSA) is 29.5 Å². The molecular weight excluding hydrogens is 250 g/mol. The molecule has 1 aromatic carbocycles. The number of benzene rings is 1. The number of hydrogen-bond donors (Lipinski definition) is 0. The van der Waals surface area contributed by atoms with E-state index in [4.69, 9.17) is 4.74 Å². The summed E-state index contributed by atoms with van der Waals surface area (Å²) in [5.74, 6) is 2.42. The summed E-state index contributed by atoms with van der Waals surface area (Å²) in [7, 11) is 0. The van der Waals surface area contributed by atoms with E-state index < -0.39 is 0 Å². The van der Waals surface area contributed by atoms with Crippen LogP contribution >= 0.6 is 0 Å². The number of Topliss-reactive ketones (excluding diaryl/α,β-unsaturated/α-hetero) is 1. The van der Waals surface area contributed by atoms with Gasteiger partial charge in [0.15, 0.2) is 5.78 Å². The van der Waals surface area contributed by atoms with Gasteiger partial charge in [-0.25, -0.2) is 0 Å². The summed E-state index contributed by atoms with van der Waals surface area (Å²) in [5.41, 5.74) is 0.711. The van der Waals surface area contributed by atoms with Crippen molar-refractivity contribution in [1.29, 1.82) is 0 Å². The predicted octanol–water partition coefficient (Wildman–Crippen LogP) is 3.25. The third-order valence-electron chi connectivity index (χ3n) is 3.86. The molecule has 1 fully saturated rings. The Morgan fingerprint density at radius 3 is 2.65 bits per heavy atom. The first-order valence-electron chi connectivity index (χ1n) is 7.50. The molecule has 1 aromatic rings. The lowest BCUT2D eigenvalue weighted by atomic mass is 9.92. The Labute approximate surface area is 121 Å². The zero-order chi connectivity index (χ0) is 14.5. The molecule has 0 amide bonds. The van der Waals surface area contributed by atoms with Gasteiger partial charge in [0.25, 0.3) is 0 Å². The molecule has 1 saturated heterocycles. The number of hydrogen-bond acceptors (Lipinski definition) is 3. The second-order valence-corrected chi connectivity index (χ2v) is 6.14. The summed E-state index contributed by atoms with van der Waals surface area (Å²) in [6.45, 7) is 10.2. The maximum Gasteiger partial charge on any atom is 0.159 e. The maximum absolute atomic E-state index is 11.3. The zero-order valence-electron chi connectivity index (χ0n) is 12.8. The smallest absolute Gasteiger partial charge is 0.159 e. The third-order valence-corrected chi connectivity index (χ3v) is 3.86. The van der Waals surface area contributed by atoms with Gasteiger partial charge in [0.05, 0.1) is 0 Å². The van der Waals surface area contributed by atoms with Crippen LogP contribution in [0.1, 0.15) is 37.6 Å². The lowest BCUT2D eigenvalue weighted by Crippen LogP contribution is -2.40. The standard InChI is InChI=1S/C17H25NO2/c1-13-9-14(2)12-18(11-13)7-8-20-17-6-4-5-16(10-17)15(3)19/h4-6,10,13-14H,7-9,11-12H2,1-3H3. The van der Waals surface area contributed by atoms with Gasteiger partial charge in [-0.15, -0.1) is 0 Å². The van der Waals surface area contributed by atoms with Gasteiger partial charge in [-0.1, -0.05) is 26.0 Å². The van der Waals surface area contributed by atoms with Crippen LogP contribution in [0.15, 0.2) is 24.3 Å². The highest BCUT2D eigenvalue weighted by Gasteiger charge is 2.21. The van der Waals surface area contributed by atoms with Crippen molar-refractivity contribution >= 4 is 5.78 Å². The molecule has 0 aliphatic carbocycles. The molecule has 0 radical (unpaired) electrons. The van der Waals surface area contributed by atoms with Gasteiger partial charge in [0.2, 0.25) is 0 Å². The quantitative estimate of drug-likeness (QED) is 0.773. The van der Waals surface area contributed by atoms with Crippen LogP contribution in [-0.2, 0) is 0 Å². The molecule has 0 spiro atoms. The highest BCUT2D eigenvalue weighted by Crippen LogP contribution is 2.20. The lowest BCUT2D eigenvalue weighted by molar-refractivity contribution is 0.101. The van der Waals surface area contributed by atoms with Crippen LogP contribution in [0.4, 0.5) is 0 Å². The molecule has 0 N–H and O–H groups in total. The number of piperidine rings is 1. The number of rotatable bonds is 5. The van der Waals surface area contributed by atoms with E-state index in [9.17, 15) is 4.79 Å². The number of nitrogens with zero attached hydrogens (tertiary/aromatic N) is 1. The van der Waals surface area contributed by atoms with E-state index in [-0.39, 0.29) is 5.78 Å². The number of likely N-dealkylation sites (tertiary alicyclic amines) is 1. The molecule has 2 atom stereocenters. The van der Waals surface area contributed by atoms with E-state index in [1.807, 2.05) is 24.3 Å². The van der Waals surface area contributed by atoms with Crippen LogP contribution in [-0.4, -0.2) is 36.9 Å². The fraction of sp³-hybridized carbons (Fsp3) is 0.588. The van der Waals surface area contributed by atoms with Crippen LogP contribution in [0.5, 0.6) is 5.75 Å². The molecule has 2 unspecified atom stereocenters. The molecule has 110 valence electrons. The van der Waals surface area contributed by atoms with Gasteiger partial charge >= 0.3 is 0 Å². The number of carbonyl (C=O) groups is 1. The van der Waals surface area contributed by atoms with Crippen molar-refractivity contribution < 1.29 is 9.53 Å². The fourth-order valence-corrected chi connectivity index (χ4v) is 3.07. The first kappa shape index (κ1) is 15.0. The number of carbonyl (C=O) groups excluding carboxylic acids is 1. The van der Waals surface area contributed by atoms with Gasteiger partial charge < -0.3 is 4.74 Å². The Kier molecular flexibility index (Phi) is 5.18. The molecule has 2 rings (SSSR count). The maximum atomic E-state index is 11.3. The molecule has 3 heteroatoms. The molecule has 20 heavy (non-hydrogen) atoms. The van der Waals surface area contributed by atoms with Gasteiger partial charge in [0, 0.05) is 25.2 Å². The van der Waals surface area contributed by atoms with Gasteiger partial charge in [-0.05, 0) is 37.3 Å². The van der Waals surface area contributed by atoms with Crippen molar-refractivity contribution in [3.8, 4) is 5.75 Å². The van der Waals surface area contributed by atoms with Gasteiger partial charge in [-0.2, -0.15) is 0 Å². The summed E-state index contributed by atoms with van der Waals surface area (Å²) < 4.78 is 5.78. The summed E-state index contributed by atoms with van der Waals surface area (Å²) in [6.07, 6.45) is 1.33. The van der Waals surface area contributed by atoms with Crippen LogP contribution in [0.2, 0.25) is 0 Å². The van der Waals surface area contributed by atoms with Crippen molar-refractivity contribution in [2.75, 3.05) is 26.2 Å². The average Bonchev–Trinajstić information content (AvgIpc) is 2.38. The Morgan fingerprint density at radius 1 is 1.30 bits per heavy atom. The molecule has 0 aromatic heterocycles. The van der Waals surface area contributed by atoms with Gasteiger partial charge in [-0.3, -0.25) is 9.69 Å². The second kappa shape index (κ2) is 6.89. The van der Waals surface area contributed by atoms with Crippen molar-refractivity contribution in [2.45, 2.75) is 27.2 Å². The third kappa shape index (κ3) is 4.34. The molecule has 0 bridgehead atoms. The molecule has 1 heterocycles. The first-order chi connectivity index (χ1) is 9.54. The summed E-state index contributed by atoms with van der Waals surface area (Å²) in [4.78, 5) is 13.8. The minimum Gasteiger partial charge on any atom is -0.492 e. The zero-order valence-corrected chi connectivity index (χ0v) is 12.8. The number of ketones is 1. The highest BCUT2D eigenvalue weighted by molar-refractivity contribution is 5.94. The van der Waals surface area contributed by atoms with Gasteiger partial charge in [0.1, 0.15) is 12.4 Å². The Hall–Kier alpha value is -1.35. The minimum absolute atomic E-state index is 0.0779. The van der Waals surface area contributed by atoms with Crippen LogP contribution in [0.25, 0.3) is 0 Å². The fourth-order valence-electron chi connectivity index (χ4n) is 3.07. The van der Waals surface area contributed by atoms with Crippen molar-refractivity contribution in [1.82, 2.24) is 4.90 Å². The van der Waals surface area contributed by atoms with E-state index >= 15 is 0 Å². The molecule has 3 nitrogen and oxygen atoms in total. The van der Waals surface area contributed by atoms with Crippen LogP contribution in [0, 0.1) is 11.8 Å². The summed E-state index contributed by atoms with van der Waals surface area (Å²) in [5, 5.41) is 0. The molecule has 1 aliphatic rings. The van der Waals surface area contributed by atoms with Crippen LogP contribution in [0.3, 0.4) is 0 Å².